The van der Waals surface area contributed by atoms with Crippen LogP contribution in [0, 0.1) is 5.41 Å². The van der Waals surface area contributed by atoms with Gasteiger partial charge >= 0.3 is 0 Å². The molecule has 0 spiro atoms. The first-order chi connectivity index (χ1) is 10.3. The van der Waals surface area contributed by atoms with Crippen LogP contribution >= 0.6 is 12.4 Å². The first-order valence-electron chi connectivity index (χ1n) is 7.51. The number of hydrogen-bond acceptors (Lipinski definition) is 4. The minimum absolute atomic E-state index is 0. The molecule has 0 aliphatic rings. The van der Waals surface area contributed by atoms with Gasteiger partial charge in [0.05, 0.1) is 11.2 Å². The molecule has 0 saturated heterocycles. The Labute approximate surface area is 145 Å². The third-order valence-electron chi connectivity index (χ3n) is 4.20. The Morgan fingerprint density at radius 1 is 1.17 bits per heavy atom. The zero-order valence-corrected chi connectivity index (χ0v) is 15.6. The molecule has 1 amide bonds. The zero-order chi connectivity index (χ0) is 16.8. The molecule has 1 rings (SSSR count). The van der Waals surface area contributed by atoms with Gasteiger partial charge in [-0.3, -0.25) is 4.79 Å². The molecule has 1 aromatic rings. The van der Waals surface area contributed by atoms with Gasteiger partial charge in [-0.05, 0) is 24.0 Å². The number of sulfone groups is 1. The third-order valence-corrected chi connectivity index (χ3v) is 5.04. The SMILES string of the molecule is CCC(CC)(CN)C(=O)NCc1ccccc1CS(C)(=O)=O.Cl. The molecule has 0 bridgehead atoms. The van der Waals surface area contributed by atoms with E-state index in [1.165, 1.54) is 6.26 Å². The highest BCUT2D eigenvalue weighted by molar-refractivity contribution is 7.89. The van der Waals surface area contributed by atoms with E-state index in [1.807, 2.05) is 26.0 Å². The van der Waals surface area contributed by atoms with Crippen molar-refractivity contribution < 1.29 is 13.2 Å². The van der Waals surface area contributed by atoms with Gasteiger partial charge < -0.3 is 11.1 Å². The van der Waals surface area contributed by atoms with E-state index in [4.69, 9.17) is 5.73 Å². The fraction of sp³-hybridized carbons (Fsp3) is 0.562. The summed E-state index contributed by atoms with van der Waals surface area (Å²) in [4.78, 5) is 12.4. The van der Waals surface area contributed by atoms with Crippen LogP contribution in [0.5, 0.6) is 0 Å². The minimum Gasteiger partial charge on any atom is -0.351 e. The Morgan fingerprint density at radius 2 is 1.70 bits per heavy atom. The van der Waals surface area contributed by atoms with Gasteiger partial charge in [0.25, 0.3) is 0 Å². The predicted octanol–water partition coefficient (Wildman–Crippen LogP) is 2.03. The lowest BCUT2D eigenvalue weighted by Crippen LogP contribution is -2.45. The molecule has 0 atom stereocenters. The van der Waals surface area contributed by atoms with Crippen molar-refractivity contribution in [3.63, 3.8) is 0 Å². The van der Waals surface area contributed by atoms with Gasteiger partial charge in [0, 0.05) is 19.3 Å². The Bertz CT molecular complexity index is 605. The summed E-state index contributed by atoms with van der Waals surface area (Å²) in [6.45, 7) is 4.52. The number of carbonyl (C=O) groups excluding carboxylic acids is 1. The van der Waals surface area contributed by atoms with E-state index in [0.29, 0.717) is 25.9 Å². The second kappa shape index (κ2) is 9.25. The van der Waals surface area contributed by atoms with Crippen molar-refractivity contribution in [3.05, 3.63) is 35.4 Å². The molecule has 0 unspecified atom stereocenters. The van der Waals surface area contributed by atoms with Gasteiger partial charge in [-0.2, -0.15) is 0 Å². The molecule has 0 radical (unpaired) electrons. The molecule has 7 heteroatoms. The van der Waals surface area contributed by atoms with E-state index in [1.54, 1.807) is 12.1 Å². The molecular formula is C16H27ClN2O3S. The van der Waals surface area contributed by atoms with Crippen molar-refractivity contribution in [2.75, 3.05) is 12.8 Å². The van der Waals surface area contributed by atoms with Gasteiger partial charge in [-0.15, -0.1) is 12.4 Å². The van der Waals surface area contributed by atoms with Gasteiger partial charge in [-0.25, -0.2) is 8.42 Å². The second-order valence-corrected chi connectivity index (χ2v) is 7.85. The molecule has 5 nitrogen and oxygen atoms in total. The van der Waals surface area contributed by atoms with E-state index < -0.39 is 15.3 Å². The van der Waals surface area contributed by atoms with Crippen molar-refractivity contribution in [3.8, 4) is 0 Å². The topological polar surface area (TPSA) is 89.3 Å². The molecular weight excluding hydrogens is 336 g/mol. The third kappa shape index (κ3) is 6.12. The van der Waals surface area contributed by atoms with Crippen LogP contribution in [0.2, 0.25) is 0 Å². The molecule has 0 fully saturated rings. The largest absolute Gasteiger partial charge is 0.351 e. The summed E-state index contributed by atoms with van der Waals surface area (Å²) in [5.74, 6) is -0.100. The number of nitrogens with one attached hydrogen (secondary N) is 1. The molecule has 0 aliphatic heterocycles. The van der Waals surface area contributed by atoms with Gasteiger partial charge in [0.1, 0.15) is 0 Å². The number of rotatable bonds is 8. The lowest BCUT2D eigenvalue weighted by molar-refractivity contribution is -0.131. The summed E-state index contributed by atoms with van der Waals surface area (Å²) in [6, 6.07) is 7.25. The molecule has 3 N–H and O–H groups in total. The second-order valence-electron chi connectivity index (χ2n) is 5.71. The molecule has 0 aliphatic carbocycles. The monoisotopic (exact) mass is 362 g/mol. The Hall–Kier alpha value is -1.11. The van der Waals surface area contributed by atoms with Crippen LogP contribution in [0.1, 0.15) is 37.8 Å². The van der Waals surface area contributed by atoms with E-state index in [0.717, 1.165) is 11.1 Å². The highest BCUT2D eigenvalue weighted by Crippen LogP contribution is 2.25. The van der Waals surface area contributed by atoms with Crippen LogP contribution < -0.4 is 11.1 Å². The lowest BCUT2D eigenvalue weighted by Gasteiger charge is -2.28. The summed E-state index contributed by atoms with van der Waals surface area (Å²) in [7, 11) is -3.11. The molecule has 1 aromatic carbocycles. The van der Waals surface area contributed by atoms with E-state index in [9.17, 15) is 13.2 Å². The summed E-state index contributed by atoms with van der Waals surface area (Å²) >= 11 is 0. The number of halogens is 1. The number of amides is 1. The zero-order valence-electron chi connectivity index (χ0n) is 14.0. The maximum absolute atomic E-state index is 12.4. The van der Waals surface area contributed by atoms with E-state index in [2.05, 4.69) is 5.32 Å². The number of hydrogen-bond donors (Lipinski definition) is 2. The highest BCUT2D eigenvalue weighted by Gasteiger charge is 2.33. The highest BCUT2D eigenvalue weighted by atomic mass is 35.5. The normalized spacial score (nSPS) is 11.7. The summed E-state index contributed by atoms with van der Waals surface area (Å²) in [5.41, 5.74) is 6.76. The number of benzene rings is 1. The quantitative estimate of drug-likeness (QED) is 0.740. The fourth-order valence-corrected chi connectivity index (χ4v) is 3.32. The smallest absolute Gasteiger partial charge is 0.227 e. The van der Waals surface area contributed by atoms with E-state index in [-0.39, 0.29) is 24.1 Å². The maximum Gasteiger partial charge on any atom is 0.227 e. The molecule has 0 saturated carbocycles. The summed E-state index contributed by atoms with van der Waals surface area (Å²) in [6.07, 6.45) is 2.56. The number of carbonyl (C=O) groups is 1. The van der Waals surface area contributed by atoms with Crippen LogP contribution in [0.25, 0.3) is 0 Å². The van der Waals surface area contributed by atoms with Crippen LogP contribution in [0.15, 0.2) is 24.3 Å². The van der Waals surface area contributed by atoms with Crippen LogP contribution in [0.4, 0.5) is 0 Å². The average Bonchev–Trinajstić information content (AvgIpc) is 2.47. The molecule has 23 heavy (non-hydrogen) atoms. The van der Waals surface area contributed by atoms with Crippen molar-refractivity contribution in [2.24, 2.45) is 11.1 Å². The van der Waals surface area contributed by atoms with Crippen molar-refractivity contribution in [1.82, 2.24) is 5.32 Å². The van der Waals surface area contributed by atoms with Crippen molar-refractivity contribution in [1.29, 1.82) is 0 Å². The lowest BCUT2D eigenvalue weighted by atomic mass is 9.81. The minimum atomic E-state index is -3.11. The summed E-state index contributed by atoms with van der Waals surface area (Å²) < 4.78 is 23.0. The average molecular weight is 363 g/mol. The Balaban J connectivity index is 0.00000484. The van der Waals surface area contributed by atoms with Gasteiger partial charge in [-0.1, -0.05) is 38.1 Å². The Morgan fingerprint density at radius 3 is 2.13 bits per heavy atom. The van der Waals surface area contributed by atoms with Crippen LogP contribution in [-0.4, -0.2) is 27.1 Å². The van der Waals surface area contributed by atoms with Crippen molar-refractivity contribution in [2.45, 2.75) is 39.0 Å². The van der Waals surface area contributed by atoms with Gasteiger partial charge in [0.2, 0.25) is 5.91 Å². The van der Waals surface area contributed by atoms with E-state index >= 15 is 0 Å². The standard InChI is InChI=1S/C16H26N2O3S.ClH/c1-4-16(5-2,12-17)15(19)18-10-13-8-6-7-9-14(13)11-22(3,20)21;/h6-9H,4-5,10-12,17H2,1-3H3,(H,18,19);1H. The first kappa shape index (κ1) is 21.9. The Kier molecular flexibility index (Phi) is 8.80. The number of nitrogens with two attached hydrogens (primary N) is 1. The van der Waals surface area contributed by atoms with Crippen LogP contribution in [-0.2, 0) is 26.9 Å². The maximum atomic E-state index is 12.4. The molecule has 0 heterocycles. The first-order valence-corrected chi connectivity index (χ1v) is 9.57. The summed E-state index contributed by atoms with van der Waals surface area (Å²) in [5, 5.41) is 2.91. The van der Waals surface area contributed by atoms with Crippen molar-refractivity contribution >= 4 is 28.2 Å². The van der Waals surface area contributed by atoms with Gasteiger partial charge in [0.15, 0.2) is 9.84 Å². The molecule has 132 valence electrons. The molecule has 0 aromatic heterocycles. The fourth-order valence-electron chi connectivity index (χ4n) is 2.47. The van der Waals surface area contributed by atoms with Crippen LogP contribution in [0.3, 0.4) is 0 Å². The predicted molar refractivity (Wildman–Crippen MR) is 96.2 cm³/mol.